The van der Waals surface area contributed by atoms with E-state index in [0.29, 0.717) is 23.5 Å². The molecule has 1 amide bonds. The molecule has 1 saturated heterocycles. The minimum Gasteiger partial charge on any atom is -0.379 e. The molecule has 0 aliphatic carbocycles. The third-order valence-electron chi connectivity index (χ3n) is 5.37. The first kappa shape index (κ1) is 21.6. The molecule has 162 valence electrons. The second-order valence-corrected chi connectivity index (χ2v) is 8.62. The van der Waals surface area contributed by atoms with Gasteiger partial charge in [0.15, 0.2) is 0 Å². The van der Waals surface area contributed by atoms with Gasteiger partial charge >= 0.3 is 0 Å². The standard InChI is InChI=1S/C24H26FN3O2S/c25-21-5-2-1-4-20(21)22-6-7-23(31-22)24(29)28(18-19-8-10-26-11-9-19)13-3-12-27-14-16-30-17-15-27/h1-2,4-11H,3,12-18H2. The first-order chi connectivity index (χ1) is 15.2. The number of aromatic nitrogens is 1. The van der Waals surface area contributed by atoms with Gasteiger partial charge in [-0.05, 0) is 42.3 Å². The first-order valence-corrected chi connectivity index (χ1v) is 11.4. The van der Waals surface area contributed by atoms with Crippen LogP contribution in [0.3, 0.4) is 0 Å². The van der Waals surface area contributed by atoms with Crippen LogP contribution in [0.4, 0.5) is 4.39 Å². The molecule has 1 fully saturated rings. The van der Waals surface area contributed by atoms with E-state index in [1.165, 1.54) is 17.4 Å². The van der Waals surface area contributed by atoms with Crippen LogP contribution in [0, 0.1) is 5.82 Å². The summed E-state index contributed by atoms with van der Waals surface area (Å²) in [6.07, 6.45) is 4.38. The number of amides is 1. The van der Waals surface area contributed by atoms with Gasteiger partial charge in [0.1, 0.15) is 5.82 Å². The Morgan fingerprint density at radius 2 is 1.87 bits per heavy atom. The predicted molar refractivity (Wildman–Crippen MR) is 121 cm³/mol. The maximum atomic E-state index is 14.2. The minimum absolute atomic E-state index is 0.0219. The van der Waals surface area contributed by atoms with Gasteiger partial charge in [-0.15, -0.1) is 11.3 Å². The van der Waals surface area contributed by atoms with Crippen LogP contribution >= 0.6 is 11.3 Å². The molecule has 0 radical (unpaired) electrons. The smallest absolute Gasteiger partial charge is 0.264 e. The number of benzene rings is 1. The zero-order chi connectivity index (χ0) is 21.5. The van der Waals surface area contributed by atoms with Crippen molar-refractivity contribution >= 4 is 17.2 Å². The lowest BCUT2D eigenvalue weighted by Crippen LogP contribution is -2.39. The Balaban J connectivity index is 1.47. The predicted octanol–water partition coefficient (Wildman–Crippen LogP) is 4.31. The van der Waals surface area contributed by atoms with Crippen molar-refractivity contribution in [2.24, 2.45) is 0 Å². The van der Waals surface area contributed by atoms with E-state index in [1.807, 2.05) is 23.1 Å². The molecule has 3 aromatic rings. The molecule has 7 heteroatoms. The summed E-state index contributed by atoms with van der Waals surface area (Å²) in [5.41, 5.74) is 1.57. The summed E-state index contributed by atoms with van der Waals surface area (Å²) in [4.78, 5) is 23.1. The van der Waals surface area contributed by atoms with E-state index >= 15 is 0 Å². The molecule has 0 unspecified atom stereocenters. The van der Waals surface area contributed by atoms with E-state index in [9.17, 15) is 9.18 Å². The number of carbonyl (C=O) groups is 1. The zero-order valence-electron chi connectivity index (χ0n) is 17.4. The van der Waals surface area contributed by atoms with Gasteiger partial charge < -0.3 is 9.64 Å². The third kappa shape index (κ3) is 5.76. The molecule has 5 nitrogen and oxygen atoms in total. The molecular formula is C24H26FN3O2S. The highest BCUT2D eigenvalue weighted by Crippen LogP contribution is 2.31. The monoisotopic (exact) mass is 439 g/mol. The molecule has 0 atom stereocenters. The van der Waals surface area contributed by atoms with Crippen LogP contribution in [-0.4, -0.2) is 60.1 Å². The Morgan fingerprint density at radius 3 is 2.65 bits per heavy atom. The van der Waals surface area contributed by atoms with Gasteiger partial charge in [0.2, 0.25) is 0 Å². The quantitative estimate of drug-likeness (QED) is 0.525. The van der Waals surface area contributed by atoms with E-state index in [-0.39, 0.29) is 11.7 Å². The SMILES string of the molecule is O=C(c1ccc(-c2ccccc2F)s1)N(CCCN1CCOCC1)Cc1ccncc1. The maximum Gasteiger partial charge on any atom is 0.264 e. The number of morpholine rings is 1. The molecule has 1 aliphatic heterocycles. The van der Waals surface area contributed by atoms with Gasteiger partial charge in [-0.1, -0.05) is 18.2 Å². The summed E-state index contributed by atoms with van der Waals surface area (Å²) >= 11 is 1.34. The van der Waals surface area contributed by atoms with Gasteiger partial charge in [0, 0.05) is 55.6 Å². The van der Waals surface area contributed by atoms with Crippen molar-refractivity contribution in [1.82, 2.24) is 14.8 Å². The van der Waals surface area contributed by atoms with Gasteiger partial charge in [0.25, 0.3) is 5.91 Å². The van der Waals surface area contributed by atoms with Gasteiger partial charge in [-0.25, -0.2) is 4.39 Å². The Labute approximate surface area is 186 Å². The fourth-order valence-electron chi connectivity index (χ4n) is 3.69. The summed E-state index contributed by atoms with van der Waals surface area (Å²) < 4.78 is 19.6. The molecule has 4 rings (SSSR count). The lowest BCUT2D eigenvalue weighted by atomic mass is 10.2. The number of thiophene rings is 1. The minimum atomic E-state index is -0.275. The van der Waals surface area contributed by atoms with Crippen LogP contribution in [0.1, 0.15) is 21.7 Å². The lowest BCUT2D eigenvalue weighted by Gasteiger charge is -2.28. The number of nitrogens with zero attached hydrogens (tertiary/aromatic N) is 3. The van der Waals surface area contributed by atoms with Crippen LogP contribution in [0.15, 0.2) is 60.9 Å². The van der Waals surface area contributed by atoms with Crippen molar-refractivity contribution in [3.05, 3.63) is 77.2 Å². The van der Waals surface area contributed by atoms with E-state index in [0.717, 1.165) is 49.7 Å². The molecule has 1 aromatic carbocycles. The van der Waals surface area contributed by atoms with Crippen molar-refractivity contribution in [2.45, 2.75) is 13.0 Å². The molecule has 0 bridgehead atoms. The van der Waals surface area contributed by atoms with Crippen molar-refractivity contribution in [3.8, 4) is 10.4 Å². The molecular weight excluding hydrogens is 413 g/mol. The number of carbonyl (C=O) groups excluding carboxylic acids is 1. The molecule has 0 N–H and O–H groups in total. The van der Waals surface area contributed by atoms with Crippen molar-refractivity contribution in [3.63, 3.8) is 0 Å². The van der Waals surface area contributed by atoms with E-state index in [2.05, 4.69) is 9.88 Å². The zero-order valence-corrected chi connectivity index (χ0v) is 18.2. The molecule has 2 aromatic heterocycles. The van der Waals surface area contributed by atoms with Crippen LogP contribution in [0.2, 0.25) is 0 Å². The fraction of sp³-hybridized carbons (Fsp3) is 0.333. The van der Waals surface area contributed by atoms with Gasteiger partial charge in [-0.3, -0.25) is 14.7 Å². The average Bonchev–Trinajstić information content (AvgIpc) is 3.30. The molecule has 1 aliphatic rings. The summed E-state index contributed by atoms with van der Waals surface area (Å²) in [6, 6.07) is 14.2. The first-order valence-electron chi connectivity index (χ1n) is 10.5. The Kier molecular flexibility index (Phi) is 7.40. The molecule has 0 saturated carbocycles. The number of rotatable bonds is 8. The molecule has 0 spiro atoms. The van der Waals surface area contributed by atoms with Gasteiger partial charge in [-0.2, -0.15) is 0 Å². The number of halogens is 1. The van der Waals surface area contributed by atoms with Crippen molar-refractivity contribution in [1.29, 1.82) is 0 Å². The molecule has 31 heavy (non-hydrogen) atoms. The second kappa shape index (κ2) is 10.6. The largest absolute Gasteiger partial charge is 0.379 e. The number of hydrogen-bond donors (Lipinski definition) is 0. The van der Waals surface area contributed by atoms with E-state index in [4.69, 9.17) is 4.74 Å². The summed E-state index contributed by atoms with van der Waals surface area (Å²) in [6.45, 7) is 5.54. The van der Waals surface area contributed by atoms with Crippen LogP contribution in [-0.2, 0) is 11.3 Å². The number of pyridine rings is 1. The summed E-state index contributed by atoms with van der Waals surface area (Å²) in [7, 11) is 0. The van der Waals surface area contributed by atoms with Crippen LogP contribution in [0.25, 0.3) is 10.4 Å². The summed E-state index contributed by atoms with van der Waals surface area (Å²) in [5.74, 6) is -0.297. The van der Waals surface area contributed by atoms with Crippen molar-refractivity contribution < 1.29 is 13.9 Å². The molecule has 3 heterocycles. The fourth-order valence-corrected chi connectivity index (χ4v) is 4.69. The Hall–Kier alpha value is -2.61. The highest BCUT2D eigenvalue weighted by atomic mass is 32.1. The van der Waals surface area contributed by atoms with Gasteiger partial charge in [0.05, 0.1) is 18.1 Å². The Morgan fingerprint density at radius 1 is 1.10 bits per heavy atom. The van der Waals surface area contributed by atoms with E-state index < -0.39 is 0 Å². The topological polar surface area (TPSA) is 45.7 Å². The second-order valence-electron chi connectivity index (χ2n) is 7.53. The third-order valence-corrected chi connectivity index (χ3v) is 6.48. The number of ether oxygens (including phenoxy) is 1. The van der Waals surface area contributed by atoms with Crippen LogP contribution in [0.5, 0.6) is 0 Å². The van der Waals surface area contributed by atoms with Crippen molar-refractivity contribution in [2.75, 3.05) is 39.4 Å². The highest BCUT2D eigenvalue weighted by Gasteiger charge is 2.20. The Bertz CT molecular complexity index is 989. The highest BCUT2D eigenvalue weighted by molar-refractivity contribution is 7.17. The lowest BCUT2D eigenvalue weighted by molar-refractivity contribution is 0.0356. The number of hydrogen-bond acceptors (Lipinski definition) is 5. The average molecular weight is 440 g/mol. The summed E-state index contributed by atoms with van der Waals surface area (Å²) in [5, 5.41) is 0. The van der Waals surface area contributed by atoms with Crippen LogP contribution < -0.4 is 0 Å². The normalized spacial score (nSPS) is 14.5. The maximum absolute atomic E-state index is 14.2. The van der Waals surface area contributed by atoms with E-state index in [1.54, 1.807) is 36.7 Å².